The van der Waals surface area contributed by atoms with E-state index in [1.807, 2.05) is 17.0 Å². The number of ether oxygens (including phenoxy) is 1. The number of benzene rings is 3. The molecule has 0 saturated heterocycles. The first-order valence-electron chi connectivity index (χ1n) is 15.3. The molecule has 11 nitrogen and oxygen atoms in total. The number of aromatic amines is 1. The van der Waals surface area contributed by atoms with Gasteiger partial charge in [-0.2, -0.15) is 0 Å². The molecule has 3 aromatic carbocycles. The van der Waals surface area contributed by atoms with Gasteiger partial charge in [-0.3, -0.25) is 19.4 Å². The summed E-state index contributed by atoms with van der Waals surface area (Å²) in [4.78, 5) is 50.0. The van der Waals surface area contributed by atoms with Gasteiger partial charge in [0.05, 0.1) is 24.3 Å². The number of fused-ring (bicyclic) bond motifs is 2. The van der Waals surface area contributed by atoms with E-state index in [1.165, 1.54) is 22.4 Å². The molecule has 45 heavy (non-hydrogen) atoms. The quantitative estimate of drug-likeness (QED) is 0.0862. The molecule has 0 bridgehead atoms. The summed E-state index contributed by atoms with van der Waals surface area (Å²) in [6, 6.07) is 17.8. The second kappa shape index (κ2) is 17.0. The highest BCUT2D eigenvalue weighted by molar-refractivity contribution is 7.46. The average molecular weight is 659 g/mol. The van der Waals surface area contributed by atoms with Crippen LogP contribution in [0.3, 0.4) is 0 Å². The predicted octanol–water partition coefficient (Wildman–Crippen LogP) is 4.17. The van der Waals surface area contributed by atoms with Crippen molar-refractivity contribution in [3.8, 4) is 5.75 Å². The van der Waals surface area contributed by atoms with Crippen LogP contribution in [0.4, 0.5) is 0 Å². The Hall–Kier alpha value is -3.09. The summed E-state index contributed by atoms with van der Waals surface area (Å²) in [5, 5.41) is 5.83. The van der Waals surface area contributed by atoms with Crippen LogP contribution in [0.25, 0.3) is 21.0 Å². The molecule has 0 aliphatic carbocycles. The Balaban J connectivity index is 1.25. The van der Waals surface area contributed by atoms with Crippen molar-refractivity contribution < 1.29 is 28.4 Å². The number of nitrogens with zero attached hydrogens (tertiary/aromatic N) is 2. The molecule has 0 spiro atoms. The van der Waals surface area contributed by atoms with E-state index in [0.717, 1.165) is 43.0 Å². The molecule has 1 amide bonds. The number of amides is 1. The van der Waals surface area contributed by atoms with Crippen LogP contribution in [-0.4, -0.2) is 89.5 Å². The summed E-state index contributed by atoms with van der Waals surface area (Å²) in [5.41, 5.74) is 2.37. The minimum atomic E-state index is -4.77. The molecule has 0 radical (unpaired) electrons. The normalized spacial score (nSPS) is 11.9. The fourth-order valence-electron chi connectivity index (χ4n) is 5.30. The zero-order chi connectivity index (χ0) is 32.2. The minimum Gasteiger partial charge on any atom is -0.402 e. The molecular weight excluding hydrogens is 615 g/mol. The molecule has 244 valence electrons. The second-order valence-electron chi connectivity index (χ2n) is 10.7. The maximum Gasteiger partial charge on any atom is 0.524 e. The third-order valence-electron chi connectivity index (χ3n) is 7.76. The molecule has 4 rings (SSSR count). The van der Waals surface area contributed by atoms with E-state index in [2.05, 4.69) is 59.4 Å². The number of nitrogens with one attached hydrogen (secondary N) is 2. The van der Waals surface area contributed by atoms with Gasteiger partial charge >= 0.3 is 12.7 Å². The van der Waals surface area contributed by atoms with Gasteiger partial charge in [-0.1, -0.05) is 73.7 Å². The van der Waals surface area contributed by atoms with Gasteiger partial charge in [0.1, 0.15) is 5.52 Å². The Kier molecular flexibility index (Phi) is 13.1. The van der Waals surface area contributed by atoms with Crippen LogP contribution in [0.15, 0.2) is 59.4 Å². The summed E-state index contributed by atoms with van der Waals surface area (Å²) in [5.74, 6) is 0.00172. The van der Waals surface area contributed by atoms with Crippen LogP contribution in [-0.2, 0) is 26.9 Å². The third-order valence-corrected chi connectivity index (χ3v) is 9.15. The van der Waals surface area contributed by atoms with Crippen molar-refractivity contribution >= 4 is 46.1 Å². The van der Waals surface area contributed by atoms with Gasteiger partial charge in [-0.05, 0) is 60.4 Å². The van der Waals surface area contributed by atoms with Crippen LogP contribution in [0.2, 0.25) is 0 Å². The molecular formula is C32H43N4O7PS. The minimum absolute atomic E-state index is 0.0618. The number of hydrogen-bond acceptors (Lipinski definition) is 8. The number of H-pyrrole nitrogens is 1. The highest BCUT2D eigenvalue weighted by Gasteiger charge is 2.20. The van der Waals surface area contributed by atoms with Crippen LogP contribution in [0.5, 0.6) is 5.75 Å². The summed E-state index contributed by atoms with van der Waals surface area (Å²) >= 11 is 0.974. The van der Waals surface area contributed by atoms with Crippen LogP contribution in [0.1, 0.15) is 31.4 Å². The molecule has 0 atom stereocenters. The Bertz CT molecular complexity index is 1640. The van der Waals surface area contributed by atoms with Gasteiger partial charge < -0.3 is 29.4 Å². The maximum absolute atomic E-state index is 13.2. The fourth-order valence-corrected chi connectivity index (χ4v) is 6.60. The van der Waals surface area contributed by atoms with Gasteiger partial charge in [-0.25, -0.2) is 4.57 Å². The molecule has 0 saturated carbocycles. The lowest BCUT2D eigenvalue weighted by atomic mass is 10.0. The maximum atomic E-state index is 13.2. The van der Waals surface area contributed by atoms with Crippen LogP contribution >= 0.6 is 19.2 Å². The van der Waals surface area contributed by atoms with E-state index in [-0.39, 0.29) is 22.0 Å². The largest absolute Gasteiger partial charge is 0.524 e. The van der Waals surface area contributed by atoms with Crippen molar-refractivity contribution in [2.24, 2.45) is 0 Å². The van der Waals surface area contributed by atoms with Crippen molar-refractivity contribution in [2.45, 2.75) is 33.1 Å². The third kappa shape index (κ3) is 10.5. The van der Waals surface area contributed by atoms with E-state index in [1.54, 1.807) is 6.07 Å². The first kappa shape index (κ1) is 34.8. The number of likely N-dealkylation sites (N-methyl/N-ethyl adjacent to an activating group) is 1. The Morgan fingerprint density at radius 2 is 1.71 bits per heavy atom. The lowest BCUT2D eigenvalue weighted by molar-refractivity contribution is -0.132. The monoisotopic (exact) mass is 658 g/mol. The molecule has 4 aromatic rings. The number of phosphoric acid groups is 1. The number of thiazole rings is 1. The number of phosphoric ester groups is 1. The number of hydrogen-bond donors (Lipinski definition) is 4. The zero-order valence-corrected chi connectivity index (χ0v) is 27.6. The van der Waals surface area contributed by atoms with Crippen molar-refractivity contribution in [2.75, 3.05) is 59.0 Å². The molecule has 4 N–H and O–H groups in total. The topological polar surface area (TPSA) is 144 Å². The van der Waals surface area contributed by atoms with E-state index >= 15 is 0 Å². The lowest BCUT2D eigenvalue weighted by Gasteiger charge is -2.27. The first-order chi connectivity index (χ1) is 21.7. The fraction of sp³-hybridized carbons (Fsp3) is 0.438. The average Bonchev–Trinajstić information content (AvgIpc) is 3.42. The standard InChI is InChI=1S/C32H43N4O7PS/c1-3-35(4-2)20-21-36(29(37)16-23-42-22-15-25-10-7-9-24-8-5-6-11-27(24)25)19-18-33-17-14-26-12-13-28(43-44(39,40)41)30-31(26)45-32(38)34-30/h5-13,33H,3-4,14-23H2,1-2H3,(H,34,38)(H2,39,40,41). The molecule has 0 aliphatic heterocycles. The van der Waals surface area contributed by atoms with Gasteiger partial charge in [0.25, 0.3) is 0 Å². The Morgan fingerprint density at radius 1 is 0.933 bits per heavy atom. The first-order valence-corrected chi connectivity index (χ1v) is 17.7. The number of rotatable bonds is 19. The summed E-state index contributed by atoms with van der Waals surface area (Å²) in [6.07, 6.45) is 1.69. The lowest BCUT2D eigenvalue weighted by Crippen LogP contribution is -2.42. The summed E-state index contributed by atoms with van der Waals surface area (Å²) < 4.78 is 22.6. The van der Waals surface area contributed by atoms with Gasteiger partial charge in [0.15, 0.2) is 5.75 Å². The summed E-state index contributed by atoms with van der Waals surface area (Å²) in [7, 11) is -4.77. The molecule has 13 heteroatoms. The summed E-state index contributed by atoms with van der Waals surface area (Å²) in [6.45, 7) is 10.2. The Labute approximate surface area is 267 Å². The predicted molar refractivity (Wildman–Crippen MR) is 179 cm³/mol. The van der Waals surface area contributed by atoms with Gasteiger partial charge in [-0.15, -0.1) is 0 Å². The molecule has 0 fully saturated rings. The van der Waals surface area contributed by atoms with Crippen molar-refractivity contribution in [3.63, 3.8) is 0 Å². The van der Waals surface area contributed by atoms with Crippen molar-refractivity contribution in [3.05, 3.63) is 75.4 Å². The molecule has 0 aliphatic rings. The van der Waals surface area contributed by atoms with Gasteiger partial charge in [0.2, 0.25) is 5.91 Å². The zero-order valence-electron chi connectivity index (χ0n) is 25.9. The molecule has 0 unspecified atom stereocenters. The van der Waals surface area contributed by atoms with Crippen LogP contribution < -0.4 is 14.7 Å². The number of aromatic nitrogens is 1. The van der Waals surface area contributed by atoms with Crippen molar-refractivity contribution in [1.82, 2.24) is 20.1 Å². The highest BCUT2D eigenvalue weighted by Crippen LogP contribution is 2.41. The van der Waals surface area contributed by atoms with E-state index in [0.29, 0.717) is 56.9 Å². The molecule has 1 heterocycles. The van der Waals surface area contributed by atoms with E-state index in [4.69, 9.17) is 9.26 Å². The Morgan fingerprint density at radius 3 is 2.49 bits per heavy atom. The van der Waals surface area contributed by atoms with Crippen molar-refractivity contribution in [1.29, 1.82) is 0 Å². The van der Waals surface area contributed by atoms with Crippen LogP contribution in [0, 0.1) is 0 Å². The second-order valence-corrected chi connectivity index (χ2v) is 12.8. The van der Waals surface area contributed by atoms with Gasteiger partial charge in [0, 0.05) is 26.2 Å². The number of carbonyl (C=O) groups is 1. The number of carbonyl (C=O) groups excluding carboxylic acids is 1. The molecule has 1 aromatic heterocycles. The SMILES string of the molecule is CCN(CC)CCN(CCNCCc1ccc(OP(=O)(O)O)c2[nH]c(=O)sc12)C(=O)CCOCCc1cccc2ccccc12. The smallest absolute Gasteiger partial charge is 0.402 e. The van der Waals surface area contributed by atoms with E-state index in [9.17, 15) is 23.9 Å². The van der Waals surface area contributed by atoms with E-state index < -0.39 is 7.82 Å². The highest BCUT2D eigenvalue weighted by atomic mass is 32.1.